The van der Waals surface area contributed by atoms with Gasteiger partial charge in [0, 0.05) is 17.5 Å². The highest BCUT2D eigenvalue weighted by Crippen LogP contribution is 2.35. The van der Waals surface area contributed by atoms with Crippen molar-refractivity contribution in [3.05, 3.63) is 106 Å². The SMILES string of the molecule is CCCc1cc(Oc2cccc(-c3ccccc3OC)c2)ccc1OCCCOc1cccc(-c2sc(=O)[nH]c2O)c1. The lowest BCUT2D eigenvalue weighted by molar-refractivity contribution is 0.246. The van der Waals surface area contributed by atoms with Crippen LogP contribution in [0.4, 0.5) is 0 Å². The van der Waals surface area contributed by atoms with E-state index in [0.717, 1.165) is 69.4 Å². The van der Waals surface area contributed by atoms with E-state index in [1.807, 2.05) is 91.0 Å². The predicted molar refractivity (Wildman–Crippen MR) is 167 cm³/mol. The Bertz CT molecular complexity index is 1690. The molecule has 8 heteroatoms. The summed E-state index contributed by atoms with van der Waals surface area (Å²) < 4.78 is 23.8. The van der Waals surface area contributed by atoms with Gasteiger partial charge < -0.3 is 24.1 Å². The van der Waals surface area contributed by atoms with Crippen molar-refractivity contribution in [2.24, 2.45) is 0 Å². The lowest BCUT2D eigenvalue weighted by Crippen LogP contribution is -2.06. The monoisotopic (exact) mass is 583 g/mol. The van der Waals surface area contributed by atoms with Crippen molar-refractivity contribution in [3.8, 4) is 56.2 Å². The van der Waals surface area contributed by atoms with E-state index >= 15 is 0 Å². The first-order chi connectivity index (χ1) is 20.5. The molecule has 0 radical (unpaired) electrons. The van der Waals surface area contributed by atoms with Gasteiger partial charge in [-0.25, -0.2) is 0 Å². The van der Waals surface area contributed by atoms with Gasteiger partial charge in [-0.05, 0) is 66.1 Å². The van der Waals surface area contributed by atoms with E-state index in [4.69, 9.17) is 18.9 Å². The molecule has 2 N–H and O–H groups in total. The maximum absolute atomic E-state index is 11.5. The Labute approximate surface area is 248 Å². The zero-order chi connectivity index (χ0) is 29.3. The maximum Gasteiger partial charge on any atom is 0.307 e. The van der Waals surface area contributed by atoms with Gasteiger partial charge in [-0.2, -0.15) is 0 Å². The van der Waals surface area contributed by atoms with Crippen LogP contribution >= 0.6 is 11.3 Å². The topological polar surface area (TPSA) is 90.0 Å². The predicted octanol–water partition coefficient (Wildman–Crippen LogP) is 8.08. The number of rotatable bonds is 13. The van der Waals surface area contributed by atoms with Gasteiger partial charge >= 0.3 is 4.87 Å². The van der Waals surface area contributed by atoms with Crippen molar-refractivity contribution < 1.29 is 24.1 Å². The number of nitrogens with one attached hydrogen (secondary N) is 1. The van der Waals surface area contributed by atoms with E-state index in [-0.39, 0.29) is 10.8 Å². The van der Waals surface area contributed by atoms with E-state index in [2.05, 4.69) is 11.9 Å². The Morgan fingerprint density at radius 3 is 2.31 bits per heavy atom. The zero-order valence-corrected chi connectivity index (χ0v) is 24.4. The largest absolute Gasteiger partial charge is 0.496 e. The molecule has 5 rings (SSSR count). The van der Waals surface area contributed by atoms with Crippen molar-refractivity contribution in [1.29, 1.82) is 0 Å². The number of hydrogen-bond donors (Lipinski definition) is 2. The number of aromatic nitrogens is 1. The summed E-state index contributed by atoms with van der Waals surface area (Å²) in [7, 11) is 1.67. The summed E-state index contributed by atoms with van der Waals surface area (Å²) in [5, 5.41) is 9.94. The normalized spacial score (nSPS) is 10.8. The van der Waals surface area contributed by atoms with Gasteiger partial charge in [-0.3, -0.25) is 9.78 Å². The summed E-state index contributed by atoms with van der Waals surface area (Å²) in [6.07, 6.45) is 2.54. The molecule has 216 valence electrons. The molecular formula is C34H33NO6S. The maximum atomic E-state index is 11.5. The first kappa shape index (κ1) is 28.8. The second-order valence-corrected chi connectivity index (χ2v) is 10.6. The smallest absolute Gasteiger partial charge is 0.307 e. The number of hydrogen-bond acceptors (Lipinski definition) is 7. The first-order valence-corrected chi connectivity index (χ1v) is 14.7. The van der Waals surface area contributed by atoms with Gasteiger partial charge in [0.2, 0.25) is 5.88 Å². The minimum atomic E-state index is -0.300. The van der Waals surface area contributed by atoms with Crippen LogP contribution in [0.2, 0.25) is 0 Å². The van der Waals surface area contributed by atoms with Crippen LogP contribution in [0.25, 0.3) is 21.6 Å². The highest BCUT2D eigenvalue weighted by Gasteiger charge is 2.11. The van der Waals surface area contributed by atoms with Crippen LogP contribution < -0.4 is 23.8 Å². The summed E-state index contributed by atoms with van der Waals surface area (Å²) in [6.45, 7) is 3.10. The quantitative estimate of drug-likeness (QED) is 0.136. The average molecular weight is 584 g/mol. The number of para-hydroxylation sites is 1. The van der Waals surface area contributed by atoms with Crippen LogP contribution in [0.3, 0.4) is 0 Å². The standard InChI is InChI=1S/C34H33NO6S/c1-3-9-24-21-28(41-27-13-6-10-23(20-27)29-14-4-5-15-31(29)38-2)16-17-30(24)40-19-8-18-39-26-12-7-11-25(22-26)32-33(36)35-34(37)42-32/h4-7,10-17,20-22,36H,3,8-9,18-19H2,1-2H3,(H,35,37). The van der Waals surface area contributed by atoms with Crippen LogP contribution in [-0.2, 0) is 6.42 Å². The molecule has 0 saturated carbocycles. The van der Waals surface area contributed by atoms with Crippen molar-refractivity contribution >= 4 is 11.3 Å². The van der Waals surface area contributed by atoms with Crippen molar-refractivity contribution in [1.82, 2.24) is 4.98 Å². The number of aromatic amines is 1. The van der Waals surface area contributed by atoms with Crippen LogP contribution in [0.1, 0.15) is 25.3 Å². The zero-order valence-electron chi connectivity index (χ0n) is 23.6. The molecule has 0 spiro atoms. The van der Waals surface area contributed by atoms with E-state index in [0.29, 0.717) is 30.3 Å². The minimum Gasteiger partial charge on any atom is -0.496 e. The fourth-order valence-electron chi connectivity index (χ4n) is 4.64. The molecule has 0 aliphatic heterocycles. The summed E-state index contributed by atoms with van der Waals surface area (Å²) in [5.41, 5.74) is 3.85. The number of H-pyrrole nitrogens is 1. The Kier molecular flexibility index (Phi) is 9.46. The van der Waals surface area contributed by atoms with Gasteiger partial charge in [0.15, 0.2) is 0 Å². The highest BCUT2D eigenvalue weighted by atomic mass is 32.1. The third-order valence-electron chi connectivity index (χ3n) is 6.58. The molecule has 4 aromatic carbocycles. The fraction of sp³-hybridized carbons (Fsp3) is 0.206. The number of ether oxygens (including phenoxy) is 4. The van der Waals surface area contributed by atoms with Crippen molar-refractivity contribution in [3.63, 3.8) is 0 Å². The van der Waals surface area contributed by atoms with Gasteiger partial charge in [-0.1, -0.05) is 67.1 Å². The van der Waals surface area contributed by atoms with Gasteiger partial charge in [0.25, 0.3) is 0 Å². The molecule has 0 unspecified atom stereocenters. The molecule has 0 aliphatic rings. The molecule has 5 aromatic rings. The Hall–Kier alpha value is -4.69. The Morgan fingerprint density at radius 2 is 1.52 bits per heavy atom. The third-order valence-corrected chi connectivity index (χ3v) is 7.50. The Morgan fingerprint density at radius 1 is 0.786 bits per heavy atom. The fourth-order valence-corrected chi connectivity index (χ4v) is 5.37. The number of methoxy groups -OCH3 is 1. The second-order valence-electron chi connectivity index (χ2n) is 9.62. The minimum absolute atomic E-state index is 0.128. The number of thiazole rings is 1. The first-order valence-electron chi connectivity index (χ1n) is 13.9. The molecule has 0 aliphatic carbocycles. The van der Waals surface area contributed by atoms with Gasteiger partial charge in [0.05, 0.1) is 25.2 Å². The van der Waals surface area contributed by atoms with Crippen LogP contribution in [0.5, 0.6) is 34.6 Å². The summed E-state index contributed by atoms with van der Waals surface area (Å²) in [5.74, 6) is 3.69. The number of benzene rings is 4. The number of aryl methyl sites for hydroxylation is 1. The lowest BCUT2D eigenvalue weighted by Gasteiger charge is -2.15. The van der Waals surface area contributed by atoms with Crippen molar-refractivity contribution in [2.75, 3.05) is 20.3 Å². The third kappa shape index (κ3) is 7.14. The van der Waals surface area contributed by atoms with E-state index in [1.54, 1.807) is 7.11 Å². The lowest BCUT2D eigenvalue weighted by atomic mass is 10.0. The summed E-state index contributed by atoms with van der Waals surface area (Å²) in [4.78, 5) is 14.1. The van der Waals surface area contributed by atoms with Gasteiger partial charge in [-0.15, -0.1) is 0 Å². The average Bonchev–Trinajstić information content (AvgIpc) is 3.35. The highest BCUT2D eigenvalue weighted by molar-refractivity contribution is 7.13. The molecule has 7 nitrogen and oxygen atoms in total. The second kappa shape index (κ2) is 13.8. The molecule has 0 bridgehead atoms. The van der Waals surface area contributed by atoms with E-state index in [9.17, 15) is 9.90 Å². The summed E-state index contributed by atoms with van der Waals surface area (Å²) in [6, 6.07) is 29.2. The van der Waals surface area contributed by atoms with Gasteiger partial charge in [0.1, 0.15) is 28.7 Å². The van der Waals surface area contributed by atoms with Crippen molar-refractivity contribution in [2.45, 2.75) is 26.2 Å². The molecule has 0 fully saturated rings. The summed E-state index contributed by atoms with van der Waals surface area (Å²) >= 11 is 0.963. The molecule has 0 saturated heterocycles. The molecule has 42 heavy (non-hydrogen) atoms. The Balaban J connectivity index is 1.18. The molecule has 0 atom stereocenters. The molecule has 1 heterocycles. The van der Waals surface area contributed by atoms with Crippen LogP contribution in [-0.4, -0.2) is 30.4 Å². The van der Waals surface area contributed by atoms with Crippen LogP contribution in [0.15, 0.2) is 95.8 Å². The number of aromatic hydroxyl groups is 1. The molecular weight excluding hydrogens is 550 g/mol. The van der Waals surface area contributed by atoms with E-state index in [1.165, 1.54) is 0 Å². The van der Waals surface area contributed by atoms with Crippen LogP contribution in [0, 0.1) is 0 Å². The molecule has 1 aromatic heterocycles. The molecule has 0 amide bonds. The van der Waals surface area contributed by atoms with E-state index < -0.39 is 0 Å².